The second kappa shape index (κ2) is 7.77. The summed E-state index contributed by atoms with van der Waals surface area (Å²) < 4.78 is 50.0. The Labute approximate surface area is 122 Å². The molecule has 0 radical (unpaired) electrons. The van der Waals surface area contributed by atoms with Crippen LogP contribution in [0.2, 0.25) is 0 Å². The van der Waals surface area contributed by atoms with Gasteiger partial charge in [0.1, 0.15) is 0 Å². The molecule has 2 atom stereocenters. The highest BCUT2D eigenvalue weighted by atomic mass is 19.2. The van der Waals surface area contributed by atoms with Crippen LogP contribution in [0.15, 0.2) is 12.1 Å². The summed E-state index contributed by atoms with van der Waals surface area (Å²) in [6.07, 6.45) is 1.90. The van der Waals surface area contributed by atoms with E-state index in [2.05, 4.69) is 5.32 Å². The summed E-state index contributed by atoms with van der Waals surface area (Å²) in [6.45, 7) is 4.44. The van der Waals surface area contributed by atoms with Crippen molar-refractivity contribution in [1.82, 2.24) is 5.32 Å². The Morgan fingerprint density at radius 3 is 2.67 bits per heavy atom. The third kappa shape index (κ3) is 4.69. The predicted molar refractivity (Wildman–Crippen MR) is 72.5 cm³/mol. The first-order valence-electron chi connectivity index (χ1n) is 7.15. The van der Waals surface area contributed by atoms with Gasteiger partial charge in [-0.2, -0.15) is 0 Å². The van der Waals surface area contributed by atoms with Crippen molar-refractivity contribution in [3.8, 4) is 0 Å². The van der Waals surface area contributed by atoms with Crippen LogP contribution in [0.5, 0.6) is 0 Å². The number of rotatable bonds is 7. The molecule has 3 nitrogen and oxygen atoms in total. The van der Waals surface area contributed by atoms with E-state index in [4.69, 9.17) is 9.47 Å². The molecule has 118 valence electrons. The highest BCUT2D eigenvalue weighted by molar-refractivity contribution is 5.22. The van der Waals surface area contributed by atoms with Gasteiger partial charge in [-0.15, -0.1) is 0 Å². The first-order valence-corrected chi connectivity index (χ1v) is 7.15. The lowest BCUT2D eigenvalue weighted by Crippen LogP contribution is -2.22. The summed E-state index contributed by atoms with van der Waals surface area (Å²) in [5, 5.41) is 3.13. The van der Waals surface area contributed by atoms with E-state index in [1.807, 2.05) is 0 Å². The molecule has 0 saturated carbocycles. The van der Waals surface area contributed by atoms with E-state index in [9.17, 15) is 13.2 Å². The highest BCUT2D eigenvalue weighted by Gasteiger charge is 2.16. The van der Waals surface area contributed by atoms with Gasteiger partial charge >= 0.3 is 0 Å². The number of halogens is 3. The highest BCUT2D eigenvalue weighted by Crippen LogP contribution is 2.19. The van der Waals surface area contributed by atoms with Crippen LogP contribution in [0.25, 0.3) is 0 Å². The molecule has 1 aromatic carbocycles. The van der Waals surface area contributed by atoms with Gasteiger partial charge in [-0.25, -0.2) is 13.2 Å². The molecule has 21 heavy (non-hydrogen) atoms. The van der Waals surface area contributed by atoms with Crippen LogP contribution in [0.4, 0.5) is 13.2 Å². The Kier molecular flexibility index (Phi) is 6.02. The number of hydrogen-bond acceptors (Lipinski definition) is 3. The molecule has 1 N–H and O–H groups in total. The monoisotopic (exact) mass is 303 g/mol. The summed E-state index contributed by atoms with van der Waals surface area (Å²) >= 11 is 0. The lowest BCUT2D eigenvalue weighted by molar-refractivity contribution is 0.0414. The van der Waals surface area contributed by atoms with Crippen LogP contribution in [0.1, 0.15) is 31.4 Å². The maximum absolute atomic E-state index is 13.1. The molecular weight excluding hydrogens is 283 g/mol. The molecule has 0 bridgehead atoms. The second-order valence-electron chi connectivity index (χ2n) is 5.18. The molecule has 1 aliphatic rings. The first kappa shape index (κ1) is 16.3. The number of benzene rings is 1. The van der Waals surface area contributed by atoms with Crippen molar-refractivity contribution in [3.05, 3.63) is 35.1 Å². The fourth-order valence-electron chi connectivity index (χ4n) is 2.23. The Morgan fingerprint density at radius 1 is 1.33 bits per heavy atom. The van der Waals surface area contributed by atoms with Gasteiger partial charge in [0.25, 0.3) is 0 Å². The number of hydrogen-bond donors (Lipinski definition) is 1. The van der Waals surface area contributed by atoms with Gasteiger partial charge in [-0.05, 0) is 44.0 Å². The van der Waals surface area contributed by atoms with E-state index in [0.717, 1.165) is 31.6 Å². The lowest BCUT2D eigenvalue weighted by atomic mass is 10.1. The smallest absolute Gasteiger partial charge is 0.194 e. The molecule has 0 aliphatic carbocycles. The van der Waals surface area contributed by atoms with E-state index in [1.165, 1.54) is 0 Å². The topological polar surface area (TPSA) is 30.5 Å². The van der Waals surface area contributed by atoms with Crippen molar-refractivity contribution in [2.45, 2.75) is 31.9 Å². The fourth-order valence-corrected chi connectivity index (χ4v) is 2.23. The summed E-state index contributed by atoms with van der Waals surface area (Å²) in [5.41, 5.74) is 0.386. The van der Waals surface area contributed by atoms with Crippen LogP contribution in [0, 0.1) is 17.5 Å². The molecule has 1 aliphatic heterocycles. The van der Waals surface area contributed by atoms with Crippen molar-refractivity contribution < 1.29 is 22.6 Å². The summed E-state index contributed by atoms with van der Waals surface area (Å²) in [4.78, 5) is 0. The molecule has 6 heteroatoms. The number of ether oxygens (including phenoxy) is 2. The van der Waals surface area contributed by atoms with Crippen molar-refractivity contribution in [1.29, 1.82) is 0 Å². The quantitative estimate of drug-likeness (QED) is 0.620. The minimum atomic E-state index is -1.43. The lowest BCUT2D eigenvalue weighted by Gasteiger charge is -2.15. The van der Waals surface area contributed by atoms with E-state index in [1.54, 1.807) is 6.92 Å². The zero-order valence-electron chi connectivity index (χ0n) is 12.0. The van der Waals surface area contributed by atoms with Gasteiger partial charge in [-0.3, -0.25) is 0 Å². The molecular formula is C15H20F3NO2. The van der Waals surface area contributed by atoms with Crippen LogP contribution in [0.3, 0.4) is 0 Å². The Morgan fingerprint density at radius 2 is 2.05 bits per heavy atom. The molecule has 1 fully saturated rings. The van der Waals surface area contributed by atoms with Gasteiger partial charge in [0.15, 0.2) is 17.5 Å². The van der Waals surface area contributed by atoms with Crippen molar-refractivity contribution >= 4 is 0 Å². The molecule has 1 saturated heterocycles. The van der Waals surface area contributed by atoms with Crippen LogP contribution in [-0.4, -0.2) is 32.5 Å². The summed E-state index contributed by atoms with van der Waals surface area (Å²) in [7, 11) is 0. The van der Waals surface area contributed by atoms with Crippen molar-refractivity contribution in [2.75, 3.05) is 26.4 Å². The average Bonchev–Trinajstić information content (AvgIpc) is 2.96. The van der Waals surface area contributed by atoms with Crippen LogP contribution < -0.4 is 5.32 Å². The molecule has 2 unspecified atom stereocenters. The largest absolute Gasteiger partial charge is 0.379 e. The van der Waals surface area contributed by atoms with E-state index < -0.39 is 17.5 Å². The molecule has 2 rings (SSSR count). The standard InChI is InChI=1S/C15H20F3NO2/c1-10(11-7-13(16)15(18)14(17)8-11)19-4-2-5-21-12-3-6-20-9-12/h7-8,10,12,19H,2-6,9H2,1H3. The number of nitrogens with one attached hydrogen (secondary N) is 1. The molecule has 1 heterocycles. The molecule has 0 spiro atoms. The van der Waals surface area contributed by atoms with Crippen molar-refractivity contribution in [2.24, 2.45) is 0 Å². The molecule has 0 aromatic heterocycles. The van der Waals surface area contributed by atoms with Crippen molar-refractivity contribution in [3.63, 3.8) is 0 Å². The SMILES string of the molecule is CC(NCCCOC1CCOC1)c1cc(F)c(F)c(F)c1. The van der Waals surface area contributed by atoms with Gasteiger partial charge in [-0.1, -0.05) is 0 Å². The zero-order valence-corrected chi connectivity index (χ0v) is 12.0. The summed E-state index contributed by atoms with van der Waals surface area (Å²) in [5.74, 6) is -3.76. The van der Waals surface area contributed by atoms with Gasteiger partial charge in [0.05, 0.1) is 12.7 Å². The first-order chi connectivity index (χ1) is 10.1. The normalized spacial score (nSPS) is 19.9. The Hall–Kier alpha value is -1.11. The maximum Gasteiger partial charge on any atom is 0.194 e. The Balaban J connectivity index is 1.70. The molecule has 1 aromatic rings. The molecule has 0 amide bonds. The van der Waals surface area contributed by atoms with E-state index in [-0.39, 0.29) is 12.1 Å². The van der Waals surface area contributed by atoms with Gasteiger partial charge < -0.3 is 14.8 Å². The minimum absolute atomic E-state index is 0.183. The van der Waals surface area contributed by atoms with E-state index >= 15 is 0 Å². The zero-order chi connectivity index (χ0) is 15.2. The van der Waals surface area contributed by atoms with Crippen LogP contribution in [-0.2, 0) is 9.47 Å². The Bertz CT molecular complexity index is 441. The van der Waals surface area contributed by atoms with E-state index in [0.29, 0.717) is 25.3 Å². The van der Waals surface area contributed by atoms with Crippen LogP contribution >= 0.6 is 0 Å². The van der Waals surface area contributed by atoms with Gasteiger partial charge in [0.2, 0.25) is 0 Å². The average molecular weight is 303 g/mol. The second-order valence-corrected chi connectivity index (χ2v) is 5.18. The summed E-state index contributed by atoms with van der Waals surface area (Å²) in [6, 6.07) is 1.77. The third-order valence-corrected chi connectivity index (χ3v) is 3.52. The predicted octanol–water partition coefficient (Wildman–Crippen LogP) is 2.95. The van der Waals surface area contributed by atoms with Gasteiger partial charge in [0, 0.05) is 19.3 Å². The third-order valence-electron chi connectivity index (χ3n) is 3.52. The minimum Gasteiger partial charge on any atom is -0.379 e. The fraction of sp³-hybridized carbons (Fsp3) is 0.600. The maximum atomic E-state index is 13.1.